The maximum absolute atomic E-state index is 4.57. The summed E-state index contributed by atoms with van der Waals surface area (Å²) in [4.78, 5) is 4.57. The molecule has 0 bridgehead atoms. The quantitative estimate of drug-likeness (QED) is 0.761. The lowest BCUT2D eigenvalue weighted by molar-refractivity contribution is 0.293. The Hall–Kier alpha value is -0.900. The van der Waals surface area contributed by atoms with Gasteiger partial charge in [0.15, 0.2) is 5.82 Å². The average Bonchev–Trinajstić information content (AvgIpc) is 2.42. The fourth-order valence-corrected chi connectivity index (χ4v) is 1.87. The second-order valence-corrected chi connectivity index (χ2v) is 5.47. The van der Waals surface area contributed by atoms with Crippen molar-refractivity contribution in [2.24, 2.45) is 5.41 Å². The zero-order chi connectivity index (χ0) is 11.1. The van der Waals surface area contributed by atoms with Gasteiger partial charge >= 0.3 is 0 Å². The first-order valence-corrected chi connectivity index (χ1v) is 5.62. The minimum Gasteiger partial charge on any atom is -0.309 e. The van der Waals surface area contributed by atoms with Crippen LogP contribution in [0.1, 0.15) is 45.3 Å². The van der Waals surface area contributed by atoms with Crippen molar-refractivity contribution in [3.05, 3.63) is 11.6 Å². The fraction of sp³-hybridized carbons (Fsp3) is 0.818. The van der Waals surface area contributed by atoms with Gasteiger partial charge in [0, 0.05) is 19.0 Å². The van der Waals surface area contributed by atoms with Gasteiger partial charge in [0.25, 0.3) is 0 Å². The van der Waals surface area contributed by atoms with Crippen LogP contribution < -0.4 is 5.32 Å². The second-order valence-electron chi connectivity index (χ2n) is 5.47. The summed E-state index contributed by atoms with van der Waals surface area (Å²) < 4.78 is 2.06. The van der Waals surface area contributed by atoms with Gasteiger partial charge in [0.2, 0.25) is 0 Å². The molecule has 0 aliphatic carbocycles. The highest BCUT2D eigenvalue weighted by molar-refractivity contribution is 4.99. The minimum absolute atomic E-state index is 0.257. The first-order chi connectivity index (χ1) is 6.98. The maximum atomic E-state index is 4.57. The summed E-state index contributed by atoms with van der Waals surface area (Å²) >= 11 is 0. The predicted molar refractivity (Wildman–Crippen MR) is 59.6 cm³/mol. The number of hydrogen-bond donors (Lipinski definition) is 1. The summed E-state index contributed by atoms with van der Waals surface area (Å²) in [5, 5.41) is 7.99. The monoisotopic (exact) mass is 208 g/mol. The molecule has 4 nitrogen and oxygen atoms in total. The summed E-state index contributed by atoms with van der Waals surface area (Å²) in [5.74, 6) is 2.45. The van der Waals surface area contributed by atoms with Crippen LogP contribution in [-0.4, -0.2) is 21.3 Å². The van der Waals surface area contributed by atoms with E-state index in [1.165, 1.54) is 0 Å². The van der Waals surface area contributed by atoms with Crippen molar-refractivity contribution in [3.63, 3.8) is 0 Å². The molecule has 1 aliphatic rings. The number of nitrogens with one attached hydrogen (secondary N) is 1. The van der Waals surface area contributed by atoms with Crippen molar-refractivity contribution in [1.82, 2.24) is 20.1 Å². The first kappa shape index (κ1) is 10.6. The smallest absolute Gasteiger partial charge is 0.153 e. The first-order valence-electron chi connectivity index (χ1n) is 5.62. The van der Waals surface area contributed by atoms with Gasteiger partial charge in [0.05, 0.1) is 6.54 Å². The summed E-state index contributed by atoms with van der Waals surface area (Å²) in [6, 6.07) is 0. The van der Waals surface area contributed by atoms with Gasteiger partial charge in [-0.1, -0.05) is 27.7 Å². The number of aromatic nitrogens is 3. The molecule has 2 rings (SSSR count). The minimum atomic E-state index is 0.257. The van der Waals surface area contributed by atoms with E-state index in [9.17, 15) is 0 Å². The van der Waals surface area contributed by atoms with Crippen molar-refractivity contribution < 1.29 is 0 Å². The SMILES string of the molecule is CC(C)c1nc2n(n1)CC(C)(C)CNC2. The molecule has 0 fully saturated rings. The van der Waals surface area contributed by atoms with Crippen LogP contribution in [0.5, 0.6) is 0 Å². The Bertz CT molecular complexity index is 351. The van der Waals surface area contributed by atoms with E-state index in [1.54, 1.807) is 0 Å². The molecule has 1 N–H and O–H groups in total. The zero-order valence-corrected chi connectivity index (χ0v) is 10.0. The van der Waals surface area contributed by atoms with Gasteiger partial charge in [-0.2, -0.15) is 5.10 Å². The summed E-state index contributed by atoms with van der Waals surface area (Å²) in [6.07, 6.45) is 0. The fourth-order valence-electron chi connectivity index (χ4n) is 1.87. The molecule has 1 aliphatic heterocycles. The van der Waals surface area contributed by atoms with Gasteiger partial charge in [0.1, 0.15) is 5.82 Å². The number of rotatable bonds is 1. The van der Waals surface area contributed by atoms with E-state index < -0.39 is 0 Å². The normalized spacial score (nSPS) is 20.1. The van der Waals surface area contributed by atoms with Gasteiger partial charge in [-0.25, -0.2) is 9.67 Å². The Balaban J connectivity index is 2.31. The van der Waals surface area contributed by atoms with Crippen LogP contribution in [0.3, 0.4) is 0 Å². The largest absolute Gasteiger partial charge is 0.309 e. The molecule has 0 saturated carbocycles. The third-order valence-electron chi connectivity index (χ3n) is 2.75. The predicted octanol–water partition coefficient (Wildman–Crippen LogP) is 1.53. The molecule has 0 atom stereocenters. The Morgan fingerprint density at radius 3 is 2.80 bits per heavy atom. The Labute approximate surface area is 91.1 Å². The van der Waals surface area contributed by atoms with Crippen LogP contribution in [0.25, 0.3) is 0 Å². The van der Waals surface area contributed by atoms with Crippen molar-refractivity contribution >= 4 is 0 Å². The molecule has 0 unspecified atom stereocenters. The average molecular weight is 208 g/mol. The zero-order valence-electron chi connectivity index (χ0n) is 10.0. The van der Waals surface area contributed by atoms with Gasteiger partial charge in [-0.15, -0.1) is 0 Å². The standard InChI is InChI=1S/C11H20N4/c1-8(2)10-13-9-5-12-6-11(3,4)7-15(9)14-10/h8,12H,5-7H2,1-4H3. The molecule has 0 aromatic carbocycles. The van der Waals surface area contributed by atoms with Gasteiger partial charge < -0.3 is 5.32 Å². The summed E-state index contributed by atoms with van der Waals surface area (Å²) in [6.45, 7) is 11.6. The van der Waals surface area contributed by atoms with E-state index in [0.717, 1.165) is 31.3 Å². The van der Waals surface area contributed by atoms with Crippen LogP contribution >= 0.6 is 0 Å². The lowest BCUT2D eigenvalue weighted by Gasteiger charge is -2.21. The molecule has 0 saturated heterocycles. The van der Waals surface area contributed by atoms with E-state index in [2.05, 4.69) is 47.8 Å². The Morgan fingerprint density at radius 1 is 1.40 bits per heavy atom. The highest BCUT2D eigenvalue weighted by Crippen LogP contribution is 2.21. The number of hydrogen-bond acceptors (Lipinski definition) is 3. The second kappa shape index (κ2) is 3.59. The van der Waals surface area contributed by atoms with Crippen LogP contribution in [0.2, 0.25) is 0 Å². The Kier molecular flexibility index (Phi) is 2.54. The third kappa shape index (κ3) is 2.20. The van der Waals surface area contributed by atoms with Crippen molar-refractivity contribution in [2.75, 3.05) is 6.54 Å². The molecule has 15 heavy (non-hydrogen) atoms. The van der Waals surface area contributed by atoms with Gasteiger partial charge in [-0.3, -0.25) is 0 Å². The number of nitrogens with zero attached hydrogens (tertiary/aromatic N) is 3. The number of fused-ring (bicyclic) bond motifs is 1. The summed E-state index contributed by atoms with van der Waals surface area (Å²) in [7, 11) is 0. The van der Waals surface area contributed by atoms with Crippen LogP contribution in [-0.2, 0) is 13.1 Å². The van der Waals surface area contributed by atoms with Crippen LogP contribution in [0.15, 0.2) is 0 Å². The van der Waals surface area contributed by atoms with E-state index in [1.807, 2.05) is 0 Å². The third-order valence-corrected chi connectivity index (χ3v) is 2.75. The van der Waals surface area contributed by atoms with E-state index in [4.69, 9.17) is 0 Å². The molecule has 84 valence electrons. The highest BCUT2D eigenvalue weighted by atomic mass is 15.4. The van der Waals surface area contributed by atoms with E-state index in [0.29, 0.717) is 5.92 Å². The topological polar surface area (TPSA) is 42.7 Å². The Morgan fingerprint density at radius 2 is 2.13 bits per heavy atom. The molecule has 1 aromatic heterocycles. The van der Waals surface area contributed by atoms with Crippen molar-refractivity contribution in [2.45, 2.75) is 46.7 Å². The van der Waals surface area contributed by atoms with Crippen molar-refractivity contribution in [1.29, 1.82) is 0 Å². The molecule has 2 heterocycles. The molecular weight excluding hydrogens is 188 g/mol. The van der Waals surface area contributed by atoms with E-state index in [-0.39, 0.29) is 5.41 Å². The maximum Gasteiger partial charge on any atom is 0.153 e. The molecular formula is C11H20N4. The van der Waals surface area contributed by atoms with E-state index >= 15 is 0 Å². The molecule has 1 aromatic rings. The van der Waals surface area contributed by atoms with Crippen LogP contribution in [0, 0.1) is 5.41 Å². The lowest BCUT2D eigenvalue weighted by Crippen LogP contribution is -2.29. The van der Waals surface area contributed by atoms with Crippen molar-refractivity contribution in [3.8, 4) is 0 Å². The molecule has 0 spiro atoms. The molecule has 0 radical (unpaired) electrons. The molecule has 4 heteroatoms. The molecule has 0 amide bonds. The summed E-state index contributed by atoms with van der Waals surface area (Å²) in [5.41, 5.74) is 0.257. The lowest BCUT2D eigenvalue weighted by atomic mass is 9.94. The van der Waals surface area contributed by atoms with Crippen LogP contribution in [0.4, 0.5) is 0 Å². The van der Waals surface area contributed by atoms with Gasteiger partial charge in [-0.05, 0) is 5.41 Å². The highest BCUT2D eigenvalue weighted by Gasteiger charge is 2.25.